The molecule has 0 fully saturated rings. The molecular weight excluding hydrogens is 344 g/mol. The first-order valence-electron chi connectivity index (χ1n) is 5.78. The van der Waals surface area contributed by atoms with Crippen molar-refractivity contribution >= 4 is 31.8 Å². The van der Waals surface area contributed by atoms with Crippen LogP contribution in [-0.4, -0.2) is 18.5 Å². The third kappa shape index (κ3) is 3.17. The van der Waals surface area contributed by atoms with Crippen molar-refractivity contribution in [1.82, 2.24) is 4.98 Å². The number of benzene rings is 1. The van der Waals surface area contributed by atoms with Crippen molar-refractivity contribution in [3.8, 4) is 0 Å². The predicted octanol–water partition coefficient (Wildman–Crippen LogP) is 2.45. The summed E-state index contributed by atoms with van der Waals surface area (Å²) in [7, 11) is -3.75. The molecule has 1 heterocycles. The molecule has 0 saturated carbocycles. The van der Waals surface area contributed by atoms with Crippen LogP contribution in [0.15, 0.2) is 45.9 Å². The second kappa shape index (κ2) is 5.90. The molecule has 7 heteroatoms. The fourth-order valence-corrected chi connectivity index (χ4v) is 3.66. The molecule has 2 aromatic rings. The molecule has 1 aromatic heterocycles. The molecule has 0 bridgehead atoms. The zero-order valence-corrected chi connectivity index (χ0v) is 13.1. The first-order valence-corrected chi connectivity index (χ1v) is 8.05. The lowest BCUT2D eigenvalue weighted by molar-refractivity contribution is 0.281. The Morgan fingerprint density at radius 1 is 1.35 bits per heavy atom. The maximum Gasteiger partial charge on any atom is 0.263 e. The molecule has 0 aliphatic rings. The maximum absolute atomic E-state index is 12.4. The van der Waals surface area contributed by atoms with E-state index < -0.39 is 10.0 Å². The van der Waals surface area contributed by atoms with Gasteiger partial charge >= 0.3 is 0 Å². The molecule has 20 heavy (non-hydrogen) atoms. The predicted molar refractivity (Wildman–Crippen MR) is 79.8 cm³/mol. The van der Waals surface area contributed by atoms with Crippen LogP contribution in [0.4, 0.5) is 5.82 Å². The quantitative estimate of drug-likeness (QED) is 0.881. The van der Waals surface area contributed by atoms with Crippen LogP contribution >= 0.6 is 15.9 Å². The van der Waals surface area contributed by atoms with E-state index in [-0.39, 0.29) is 17.3 Å². The standard InChI is InChI=1S/C13H13BrN2O3S/c1-9-11(14)6-10(8-17)7-12(9)20(18,19)16-13-4-2-3-5-15-13/h2-7,17H,8H2,1H3,(H,15,16). The van der Waals surface area contributed by atoms with E-state index in [4.69, 9.17) is 0 Å². The van der Waals surface area contributed by atoms with Crippen molar-refractivity contribution in [3.63, 3.8) is 0 Å². The highest BCUT2D eigenvalue weighted by molar-refractivity contribution is 9.10. The Balaban J connectivity index is 2.47. The third-order valence-corrected chi connectivity index (χ3v) is 5.04. The topological polar surface area (TPSA) is 79.3 Å². The first kappa shape index (κ1) is 15.0. The van der Waals surface area contributed by atoms with Gasteiger partial charge in [-0.05, 0) is 42.3 Å². The smallest absolute Gasteiger partial charge is 0.263 e. The second-order valence-electron chi connectivity index (χ2n) is 4.18. The minimum atomic E-state index is -3.75. The van der Waals surface area contributed by atoms with Crippen LogP contribution < -0.4 is 4.72 Å². The summed E-state index contributed by atoms with van der Waals surface area (Å²) in [6.45, 7) is 1.46. The van der Waals surface area contributed by atoms with Crippen LogP contribution in [-0.2, 0) is 16.6 Å². The highest BCUT2D eigenvalue weighted by Gasteiger charge is 2.19. The van der Waals surface area contributed by atoms with Gasteiger partial charge in [0.2, 0.25) is 0 Å². The van der Waals surface area contributed by atoms with Crippen molar-refractivity contribution < 1.29 is 13.5 Å². The number of sulfonamides is 1. The molecule has 2 N–H and O–H groups in total. The maximum atomic E-state index is 12.4. The molecule has 0 spiro atoms. The summed E-state index contributed by atoms with van der Waals surface area (Å²) in [6, 6.07) is 8.10. The van der Waals surface area contributed by atoms with E-state index >= 15 is 0 Å². The number of aliphatic hydroxyl groups excluding tert-OH is 1. The summed E-state index contributed by atoms with van der Waals surface area (Å²) in [5.74, 6) is 0.248. The Morgan fingerprint density at radius 3 is 2.70 bits per heavy atom. The van der Waals surface area contributed by atoms with Gasteiger partial charge in [0, 0.05) is 10.7 Å². The van der Waals surface area contributed by atoms with Gasteiger partial charge in [0.25, 0.3) is 10.0 Å². The molecule has 0 radical (unpaired) electrons. The van der Waals surface area contributed by atoms with Gasteiger partial charge in [-0.25, -0.2) is 13.4 Å². The van der Waals surface area contributed by atoms with Gasteiger partial charge in [0.1, 0.15) is 5.82 Å². The van der Waals surface area contributed by atoms with Crippen molar-refractivity contribution in [1.29, 1.82) is 0 Å². The number of hydrogen-bond donors (Lipinski definition) is 2. The van der Waals surface area contributed by atoms with Crippen LogP contribution in [0.25, 0.3) is 0 Å². The molecule has 0 atom stereocenters. The van der Waals surface area contributed by atoms with Gasteiger partial charge in [0.15, 0.2) is 0 Å². The molecule has 0 amide bonds. The van der Waals surface area contributed by atoms with Crippen LogP contribution in [0.1, 0.15) is 11.1 Å². The number of rotatable bonds is 4. The minimum absolute atomic E-state index is 0.113. The van der Waals surface area contributed by atoms with Crippen LogP contribution in [0.2, 0.25) is 0 Å². The first-order chi connectivity index (χ1) is 9.44. The van der Waals surface area contributed by atoms with Crippen molar-refractivity contribution in [2.75, 3.05) is 4.72 Å². The molecule has 0 saturated heterocycles. The van der Waals surface area contributed by atoms with Gasteiger partial charge in [-0.15, -0.1) is 0 Å². The van der Waals surface area contributed by atoms with Gasteiger partial charge in [-0.2, -0.15) is 0 Å². The Hall–Kier alpha value is -1.44. The van der Waals surface area contributed by atoms with Crippen molar-refractivity contribution in [3.05, 3.63) is 52.1 Å². The fraction of sp³-hybridized carbons (Fsp3) is 0.154. The lowest BCUT2D eigenvalue weighted by atomic mass is 10.2. The molecule has 106 valence electrons. The average molecular weight is 357 g/mol. The Labute approximate surface area is 125 Å². The number of aromatic nitrogens is 1. The molecule has 0 aliphatic carbocycles. The van der Waals surface area contributed by atoms with Crippen molar-refractivity contribution in [2.45, 2.75) is 18.4 Å². The number of pyridine rings is 1. The normalized spacial score (nSPS) is 11.3. The zero-order chi connectivity index (χ0) is 14.8. The summed E-state index contributed by atoms with van der Waals surface area (Å²) in [5.41, 5.74) is 1.09. The molecule has 0 unspecified atom stereocenters. The third-order valence-electron chi connectivity index (χ3n) is 2.73. The monoisotopic (exact) mass is 356 g/mol. The molecule has 5 nitrogen and oxygen atoms in total. The van der Waals surface area contributed by atoms with Gasteiger partial charge < -0.3 is 5.11 Å². The van der Waals surface area contributed by atoms with Crippen LogP contribution in [0.5, 0.6) is 0 Å². The van der Waals surface area contributed by atoms with Gasteiger partial charge in [-0.1, -0.05) is 22.0 Å². The Morgan fingerprint density at radius 2 is 2.10 bits per heavy atom. The lowest BCUT2D eigenvalue weighted by Gasteiger charge is -2.12. The number of hydrogen-bond acceptors (Lipinski definition) is 4. The molecule has 1 aromatic carbocycles. The van der Waals surface area contributed by atoms with Crippen LogP contribution in [0, 0.1) is 6.92 Å². The fourth-order valence-electron chi connectivity index (χ4n) is 1.69. The summed E-state index contributed by atoms with van der Waals surface area (Å²) >= 11 is 3.30. The second-order valence-corrected chi connectivity index (χ2v) is 6.68. The Kier molecular flexibility index (Phi) is 4.42. The average Bonchev–Trinajstić information content (AvgIpc) is 2.42. The van der Waals surface area contributed by atoms with E-state index in [0.717, 1.165) is 0 Å². The molecular formula is C13H13BrN2O3S. The highest BCUT2D eigenvalue weighted by atomic mass is 79.9. The largest absolute Gasteiger partial charge is 0.392 e. The zero-order valence-electron chi connectivity index (χ0n) is 10.7. The lowest BCUT2D eigenvalue weighted by Crippen LogP contribution is -2.15. The van der Waals surface area contributed by atoms with E-state index in [2.05, 4.69) is 25.6 Å². The van der Waals surface area contributed by atoms with E-state index in [9.17, 15) is 13.5 Å². The van der Waals surface area contributed by atoms with Gasteiger partial charge in [-0.3, -0.25) is 4.72 Å². The van der Waals surface area contributed by atoms with Gasteiger partial charge in [0.05, 0.1) is 11.5 Å². The Bertz CT molecular complexity index is 718. The number of nitrogens with zero attached hydrogens (tertiary/aromatic N) is 1. The SMILES string of the molecule is Cc1c(Br)cc(CO)cc1S(=O)(=O)Nc1ccccn1. The number of anilines is 1. The highest BCUT2D eigenvalue weighted by Crippen LogP contribution is 2.27. The van der Waals surface area contributed by atoms with E-state index in [1.165, 1.54) is 12.3 Å². The number of aliphatic hydroxyl groups is 1. The van der Waals surface area contributed by atoms with Crippen molar-refractivity contribution in [2.24, 2.45) is 0 Å². The number of nitrogens with one attached hydrogen (secondary N) is 1. The van der Waals surface area contributed by atoms with E-state index in [0.29, 0.717) is 15.6 Å². The van der Waals surface area contributed by atoms with E-state index in [1.807, 2.05) is 0 Å². The number of halogens is 1. The molecule has 0 aliphatic heterocycles. The van der Waals surface area contributed by atoms with E-state index in [1.54, 1.807) is 31.2 Å². The minimum Gasteiger partial charge on any atom is -0.392 e. The molecule has 2 rings (SSSR count). The van der Waals surface area contributed by atoms with Crippen LogP contribution in [0.3, 0.4) is 0 Å². The summed E-state index contributed by atoms with van der Waals surface area (Å²) < 4.78 is 27.8. The summed E-state index contributed by atoms with van der Waals surface area (Å²) in [6.07, 6.45) is 1.50. The summed E-state index contributed by atoms with van der Waals surface area (Å²) in [5, 5.41) is 9.18. The summed E-state index contributed by atoms with van der Waals surface area (Å²) in [4.78, 5) is 4.05.